The maximum Gasteiger partial charge on any atom is 0.416 e. The molecule has 3 atom stereocenters. The lowest BCUT2D eigenvalue weighted by molar-refractivity contribution is -0.0445. The summed E-state index contributed by atoms with van der Waals surface area (Å²) in [6.07, 6.45) is -2.28. The summed E-state index contributed by atoms with van der Waals surface area (Å²) in [5.41, 5.74) is 9.23. The minimum Gasteiger partial charge on any atom is -0.444 e. The Morgan fingerprint density at radius 2 is 1.97 bits per heavy atom. The molecule has 1 amide bonds. The SMILES string of the molecule is CC1CN(c2c(C3OCCO3)cc3c(N4CC(CN=[N+]=[N-])OC4=O)noc3c2F)CC(C)O1. The number of carbonyl (C=O) groups excluding carboxylic acids is 1. The molecule has 0 saturated carbocycles. The van der Waals surface area contributed by atoms with Crippen LogP contribution in [0.25, 0.3) is 21.4 Å². The molecule has 1 aromatic heterocycles. The number of azide groups is 1. The second kappa shape index (κ2) is 8.67. The molecule has 2 aromatic rings. The van der Waals surface area contributed by atoms with E-state index in [4.69, 9.17) is 29.0 Å². The van der Waals surface area contributed by atoms with Gasteiger partial charge in [0.15, 0.2) is 17.9 Å². The van der Waals surface area contributed by atoms with Crippen molar-refractivity contribution in [3.63, 3.8) is 0 Å². The van der Waals surface area contributed by atoms with Crippen molar-refractivity contribution in [2.24, 2.45) is 5.11 Å². The molecule has 12 nitrogen and oxygen atoms in total. The minimum atomic E-state index is -0.765. The third kappa shape index (κ3) is 3.93. The van der Waals surface area contributed by atoms with Gasteiger partial charge in [-0.25, -0.2) is 9.18 Å². The van der Waals surface area contributed by atoms with Crippen molar-refractivity contribution >= 4 is 28.6 Å². The number of carbonyl (C=O) groups is 1. The first kappa shape index (κ1) is 21.7. The largest absolute Gasteiger partial charge is 0.444 e. The number of aromatic nitrogens is 1. The highest BCUT2D eigenvalue weighted by Gasteiger charge is 2.38. The summed E-state index contributed by atoms with van der Waals surface area (Å²) in [6.45, 7) is 5.66. The molecule has 3 saturated heterocycles. The van der Waals surface area contributed by atoms with Crippen molar-refractivity contribution in [1.29, 1.82) is 0 Å². The predicted octanol–water partition coefficient (Wildman–Crippen LogP) is 3.26. The van der Waals surface area contributed by atoms with Crippen LogP contribution >= 0.6 is 0 Å². The molecule has 3 unspecified atom stereocenters. The Bertz CT molecular complexity index is 1100. The number of anilines is 2. The predicted molar refractivity (Wildman–Crippen MR) is 112 cm³/mol. The summed E-state index contributed by atoms with van der Waals surface area (Å²) in [6, 6.07) is 1.69. The number of hydrogen-bond donors (Lipinski definition) is 0. The summed E-state index contributed by atoms with van der Waals surface area (Å²) < 4.78 is 43.7. The highest BCUT2D eigenvalue weighted by Crippen LogP contribution is 2.42. The summed E-state index contributed by atoms with van der Waals surface area (Å²) in [5, 5.41) is 7.71. The molecule has 0 N–H and O–H groups in total. The van der Waals surface area contributed by atoms with Crippen LogP contribution in [0.5, 0.6) is 0 Å². The van der Waals surface area contributed by atoms with Crippen LogP contribution in [0.1, 0.15) is 25.7 Å². The Hall–Kier alpha value is -3.12. The lowest BCUT2D eigenvalue weighted by atomic mass is 10.0. The molecule has 4 heterocycles. The molecule has 3 fully saturated rings. The van der Waals surface area contributed by atoms with Crippen LogP contribution in [0.2, 0.25) is 0 Å². The smallest absolute Gasteiger partial charge is 0.416 e. The first-order valence-electron chi connectivity index (χ1n) is 10.7. The Kier molecular flexibility index (Phi) is 5.71. The van der Waals surface area contributed by atoms with Crippen molar-refractivity contribution in [3.8, 4) is 0 Å². The van der Waals surface area contributed by atoms with Crippen LogP contribution < -0.4 is 9.80 Å². The van der Waals surface area contributed by atoms with E-state index in [0.717, 1.165) is 0 Å². The topological polar surface area (TPSA) is 135 Å². The van der Waals surface area contributed by atoms with E-state index in [1.807, 2.05) is 18.7 Å². The first-order chi connectivity index (χ1) is 16.0. The van der Waals surface area contributed by atoms with Gasteiger partial charge >= 0.3 is 6.09 Å². The van der Waals surface area contributed by atoms with Crippen LogP contribution in [0.3, 0.4) is 0 Å². The highest BCUT2D eigenvalue weighted by atomic mass is 19.1. The summed E-state index contributed by atoms with van der Waals surface area (Å²) in [7, 11) is 0. The molecule has 1 aromatic carbocycles. The molecule has 0 aliphatic carbocycles. The van der Waals surface area contributed by atoms with Crippen molar-refractivity contribution in [3.05, 3.63) is 27.9 Å². The van der Waals surface area contributed by atoms with Crippen LogP contribution in [-0.2, 0) is 18.9 Å². The number of hydrogen-bond acceptors (Lipinski definition) is 9. The second-order valence-electron chi connectivity index (χ2n) is 8.28. The third-order valence-corrected chi connectivity index (χ3v) is 5.78. The van der Waals surface area contributed by atoms with E-state index in [-0.39, 0.29) is 36.7 Å². The van der Waals surface area contributed by atoms with E-state index in [1.165, 1.54) is 4.90 Å². The zero-order valence-corrected chi connectivity index (χ0v) is 18.1. The number of nitrogens with zero attached hydrogens (tertiary/aromatic N) is 6. The fourth-order valence-corrected chi connectivity index (χ4v) is 4.55. The van der Waals surface area contributed by atoms with Gasteiger partial charge in [0.1, 0.15) is 6.10 Å². The van der Waals surface area contributed by atoms with Gasteiger partial charge in [-0.3, -0.25) is 4.90 Å². The van der Waals surface area contributed by atoms with Gasteiger partial charge in [-0.05, 0) is 25.4 Å². The summed E-state index contributed by atoms with van der Waals surface area (Å²) in [4.78, 5) is 18.2. The first-order valence-corrected chi connectivity index (χ1v) is 10.7. The van der Waals surface area contributed by atoms with Crippen LogP contribution in [0, 0.1) is 5.82 Å². The fraction of sp³-hybridized carbons (Fsp3) is 0.600. The van der Waals surface area contributed by atoms with Gasteiger partial charge in [0.05, 0.1) is 49.6 Å². The van der Waals surface area contributed by atoms with Crippen LogP contribution in [0.4, 0.5) is 20.7 Å². The Morgan fingerprint density at radius 1 is 1.24 bits per heavy atom. The van der Waals surface area contributed by atoms with E-state index >= 15 is 4.39 Å². The average molecular weight is 462 g/mol. The van der Waals surface area contributed by atoms with Crippen LogP contribution in [-0.4, -0.2) is 69.0 Å². The van der Waals surface area contributed by atoms with E-state index in [2.05, 4.69) is 15.2 Å². The van der Waals surface area contributed by atoms with Crippen molar-refractivity contribution in [2.45, 2.75) is 38.4 Å². The average Bonchev–Trinajstić information content (AvgIpc) is 3.51. The van der Waals surface area contributed by atoms with Gasteiger partial charge in [-0.1, -0.05) is 10.3 Å². The Labute approximate surface area is 187 Å². The van der Waals surface area contributed by atoms with Crippen molar-refractivity contribution < 1.29 is 32.7 Å². The monoisotopic (exact) mass is 462 g/mol. The molecule has 13 heteroatoms. The van der Waals surface area contributed by atoms with E-state index < -0.39 is 24.3 Å². The van der Waals surface area contributed by atoms with Gasteiger partial charge < -0.3 is 28.4 Å². The van der Waals surface area contributed by atoms with E-state index in [1.54, 1.807) is 6.07 Å². The molecule has 33 heavy (non-hydrogen) atoms. The molecule has 176 valence electrons. The quantitative estimate of drug-likeness (QED) is 0.375. The standard InChI is InChI=1S/C20H23FN6O6/c1-10-7-26(8-11(2)31-10)16-13(19-29-3-4-30-19)5-14-17(15(16)21)33-24-18(14)27-9-12(6-23-25-22)32-20(27)28/h5,10-12,19H,3-4,6-9H2,1-2H3. The number of fused-ring (bicyclic) bond motifs is 1. The zero-order valence-electron chi connectivity index (χ0n) is 18.1. The third-order valence-electron chi connectivity index (χ3n) is 5.78. The van der Waals surface area contributed by atoms with E-state index in [0.29, 0.717) is 42.9 Å². The number of cyclic esters (lactones) is 1. The number of rotatable bonds is 5. The molecule has 0 radical (unpaired) electrons. The van der Waals surface area contributed by atoms with Crippen molar-refractivity contribution in [2.75, 3.05) is 49.2 Å². The lowest BCUT2D eigenvalue weighted by Gasteiger charge is -2.38. The Balaban J connectivity index is 1.58. The summed E-state index contributed by atoms with van der Waals surface area (Å²) >= 11 is 0. The zero-order chi connectivity index (χ0) is 23.1. The summed E-state index contributed by atoms with van der Waals surface area (Å²) in [5.74, 6) is -0.494. The highest BCUT2D eigenvalue weighted by molar-refractivity contribution is 6.00. The van der Waals surface area contributed by atoms with Gasteiger partial charge in [0, 0.05) is 23.6 Å². The molecular formula is C20H23FN6O6. The molecule has 3 aliphatic rings. The van der Waals surface area contributed by atoms with Gasteiger partial charge in [0.2, 0.25) is 5.58 Å². The minimum absolute atomic E-state index is 0.0184. The number of ether oxygens (including phenoxy) is 4. The normalized spacial score (nSPS) is 26.2. The van der Waals surface area contributed by atoms with Crippen LogP contribution in [0.15, 0.2) is 15.7 Å². The fourth-order valence-electron chi connectivity index (χ4n) is 4.55. The molecule has 3 aliphatic heterocycles. The number of amides is 1. The molecule has 0 bridgehead atoms. The number of halogens is 1. The van der Waals surface area contributed by atoms with E-state index in [9.17, 15) is 4.79 Å². The number of morpholine rings is 1. The van der Waals surface area contributed by atoms with Gasteiger partial charge in [-0.2, -0.15) is 0 Å². The molecular weight excluding hydrogens is 439 g/mol. The van der Waals surface area contributed by atoms with Gasteiger partial charge in [-0.15, -0.1) is 0 Å². The number of benzene rings is 1. The molecule has 5 rings (SSSR count). The second-order valence-corrected chi connectivity index (χ2v) is 8.28. The lowest BCUT2D eigenvalue weighted by Crippen LogP contribution is -2.46. The van der Waals surface area contributed by atoms with Gasteiger partial charge in [0.25, 0.3) is 0 Å². The Morgan fingerprint density at radius 3 is 2.67 bits per heavy atom. The maximum atomic E-state index is 15.9. The molecule has 0 spiro atoms. The van der Waals surface area contributed by atoms with Crippen molar-refractivity contribution in [1.82, 2.24) is 5.16 Å². The maximum absolute atomic E-state index is 15.9.